The van der Waals surface area contributed by atoms with E-state index in [0.29, 0.717) is 17.4 Å². The molecule has 0 radical (unpaired) electrons. The average molecular weight is 522 g/mol. The molecule has 5 rings (SSSR count). The number of rotatable bonds is 8. The van der Waals surface area contributed by atoms with Crippen molar-refractivity contribution in [1.82, 2.24) is 4.90 Å². The number of halogens is 3. The number of benzene rings is 3. The summed E-state index contributed by atoms with van der Waals surface area (Å²) >= 11 is 6.53. The highest BCUT2D eigenvalue weighted by Crippen LogP contribution is 2.42. The molecular weight excluding hydrogens is 492 g/mol. The van der Waals surface area contributed by atoms with Crippen LogP contribution in [0.25, 0.3) is 11.1 Å². The number of carboxylic acids is 1. The monoisotopic (exact) mass is 521 g/mol. The number of alkyl halides is 1. The van der Waals surface area contributed by atoms with Crippen LogP contribution in [0.5, 0.6) is 0 Å². The summed E-state index contributed by atoms with van der Waals surface area (Å²) in [4.78, 5) is 13.9. The molecule has 3 aromatic carbocycles. The molecule has 3 aromatic rings. The van der Waals surface area contributed by atoms with Crippen LogP contribution in [0.3, 0.4) is 0 Å². The minimum absolute atomic E-state index is 0.260. The van der Waals surface area contributed by atoms with Gasteiger partial charge in [0.05, 0.1) is 17.3 Å². The fraction of sp³-hybridized carbons (Fsp3) is 0.323. The molecule has 3 nitrogen and oxygen atoms in total. The molecule has 0 amide bonds. The molecule has 1 N–H and O–H groups in total. The standard InChI is InChI=1S/C31H30ClF2NO2/c32-29-17-25(34)10-12-27(29)28-4-1-3-23-16-24(31(36)37)9-11-26(23)30(28)22-7-5-20(6-8-22)15-21-18-35(19-21)14-2-13-33/h5-12,16-17,21H,1-4,13-15,18-19H2,(H,36,37). The number of hydrogen-bond acceptors (Lipinski definition) is 2. The molecule has 0 atom stereocenters. The highest BCUT2D eigenvalue weighted by Gasteiger charge is 2.26. The van der Waals surface area contributed by atoms with E-state index in [1.54, 1.807) is 18.2 Å². The van der Waals surface area contributed by atoms with Gasteiger partial charge in [-0.15, -0.1) is 0 Å². The summed E-state index contributed by atoms with van der Waals surface area (Å²) < 4.78 is 26.3. The van der Waals surface area contributed by atoms with Gasteiger partial charge in [0.1, 0.15) is 5.82 Å². The van der Waals surface area contributed by atoms with E-state index in [4.69, 9.17) is 11.6 Å². The summed E-state index contributed by atoms with van der Waals surface area (Å²) in [6.45, 7) is 2.60. The maximum Gasteiger partial charge on any atom is 0.335 e. The molecular formula is C31H30ClF2NO2. The van der Waals surface area contributed by atoms with Crippen LogP contribution in [-0.4, -0.2) is 42.3 Å². The Morgan fingerprint density at radius 2 is 1.76 bits per heavy atom. The number of fused-ring (bicyclic) bond motifs is 1. The van der Waals surface area contributed by atoms with Crippen LogP contribution in [-0.2, 0) is 12.8 Å². The molecule has 0 bridgehead atoms. The fourth-order valence-corrected chi connectivity index (χ4v) is 5.95. The quantitative estimate of drug-likeness (QED) is 0.338. The maximum atomic E-state index is 13.9. The molecule has 0 unspecified atom stereocenters. The lowest BCUT2D eigenvalue weighted by molar-refractivity contribution is 0.0696. The van der Waals surface area contributed by atoms with Crippen molar-refractivity contribution >= 4 is 28.7 Å². The third-order valence-corrected chi connectivity index (χ3v) is 7.77. The number of carbonyl (C=O) groups is 1. The van der Waals surface area contributed by atoms with Crippen LogP contribution in [0.1, 0.15) is 57.4 Å². The Kier molecular flexibility index (Phi) is 7.73. The van der Waals surface area contributed by atoms with Gasteiger partial charge in [0.25, 0.3) is 0 Å². The predicted octanol–water partition coefficient (Wildman–Crippen LogP) is 7.31. The van der Waals surface area contributed by atoms with Gasteiger partial charge in [0.2, 0.25) is 0 Å². The molecule has 6 heteroatoms. The SMILES string of the molecule is O=C(O)c1ccc2c(c1)CCCC(c1ccc(F)cc1Cl)=C2c1ccc(CC2CN(CCCF)C2)cc1. The van der Waals surface area contributed by atoms with Gasteiger partial charge in [-0.25, -0.2) is 9.18 Å². The van der Waals surface area contributed by atoms with Crippen LogP contribution >= 0.6 is 11.6 Å². The molecule has 0 spiro atoms. The van der Waals surface area contributed by atoms with Crippen LogP contribution in [0.4, 0.5) is 8.78 Å². The number of carboxylic acid groups (broad SMARTS) is 1. The van der Waals surface area contributed by atoms with E-state index >= 15 is 0 Å². The van der Waals surface area contributed by atoms with Crippen molar-refractivity contribution in [3.63, 3.8) is 0 Å². The first-order valence-corrected chi connectivity index (χ1v) is 13.2. The first-order chi connectivity index (χ1) is 17.9. The number of likely N-dealkylation sites (tertiary alicyclic amines) is 1. The van der Waals surface area contributed by atoms with Crippen molar-refractivity contribution in [3.8, 4) is 0 Å². The van der Waals surface area contributed by atoms with Crippen molar-refractivity contribution in [2.45, 2.75) is 32.1 Å². The van der Waals surface area contributed by atoms with Crippen LogP contribution in [0.2, 0.25) is 5.02 Å². The van der Waals surface area contributed by atoms with Crippen molar-refractivity contribution in [3.05, 3.63) is 105 Å². The molecule has 1 saturated heterocycles. The zero-order valence-electron chi connectivity index (χ0n) is 20.7. The number of allylic oxidation sites excluding steroid dienone is 1. The Morgan fingerprint density at radius 3 is 2.46 bits per heavy atom. The van der Waals surface area contributed by atoms with Crippen LogP contribution in [0.15, 0.2) is 60.7 Å². The Morgan fingerprint density at radius 1 is 1.00 bits per heavy atom. The molecule has 1 aliphatic heterocycles. The molecule has 1 aliphatic carbocycles. The summed E-state index contributed by atoms with van der Waals surface area (Å²) in [7, 11) is 0. The van der Waals surface area contributed by atoms with Gasteiger partial charge in [0, 0.05) is 19.6 Å². The highest BCUT2D eigenvalue weighted by molar-refractivity contribution is 6.32. The van der Waals surface area contributed by atoms with Crippen molar-refractivity contribution in [2.75, 3.05) is 26.3 Å². The molecule has 1 heterocycles. The highest BCUT2D eigenvalue weighted by atomic mass is 35.5. The Bertz CT molecular complexity index is 1330. The zero-order chi connectivity index (χ0) is 25.9. The first-order valence-electron chi connectivity index (χ1n) is 12.9. The van der Waals surface area contributed by atoms with Gasteiger partial charge in [-0.2, -0.15) is 0 Å². The van der Waals surface area contributed by atoms with E-state index in [9.17, 15) is 18.7 Å². The summed E-state index contributed by atoms with van der Waals surface area (Å²) in [6.07, 6.45) is 3.92. The van der Waals surface area contributed by atoms with Gasteiger partial charge in [-0.05, 0) is 101 Å². The van der Waals surface area contributed by atoms with Crippen molar-refractivity contribution in [2.24, 2.45) is 5.92 Å². The molecule has 37 heavy (non-hydrogen) atoms. The number of aromatic carboxylic acids is 1. The lowest BCUT2D eigenvalue weighted by Crippen LogP contribution is -2.47. The Labute approximate surface area is 221 Å². The van der Waals surface area contributed by atoms with E-state index in [1.807, 2.05) is 6.07 Å². The van der Waals surface area contributed by atoms with Gasteiger partial charge in [-0.1, -0.05) is 48.0 Å². The second-order valence-corrected chi connectivity index (χ2v) is 10.5. The largest absolute Gasteiger partial charge is 0.478 e. The third kappa shape index (κ3) is 5.63. The van der Waals surface area contributed by atoms with Gasteiger partial charge < -0.3 is 10.0 Å². The fourth-order valence-electron chi connectivity index (χ4n) is 5.67. The predicted molar refractivity (Wildman–Crippen MR) is 144 cm³/mol. The lowest BCUT2D eigenvalue weighted by Gasteiger charge is -2.39. The summed E-state index contributed by atoms with van der Waals surface area (Å²) in [5, 5.41) is 9.91. The first kappa shape index (κ1) is 25.6. The topological polar surface area (TPSA) is 40.5 Å². The van der Waals surface area contributed by atoms with E-state index in [2.05, 4.69) is 29.2 Å². The lowest BCUT2D eigenvalue weighted by atomic mass is 9.86. The molecule has 2 aliphatic rings. The summed E-state index contributed by atoms with van der Waals surface area (Å²) in [5.41, 5.74) is 7.42. The van der Waals surface area contributed by atoms with E-state index in [-0.39, 0.29) is 18.1 Å². The molecule has 1 fully saturated rings. The average Bonchev–Trinajstić information content (AvgIpc) is 3.04. The second-order valence-electron chi connectivity index (χ2n) is 10.1. The minimum atomic E-state index is -0.942. The maximum absolute atomic E-state index is 13.9. The van der Waals surface area contributed by atoms with Gasteiger partial charge in [0.15, 0.2) is 0 Å². The minimum Gasteiger partial charge on any atom is -0.478 e. The van der Waals surface area contributed by atoms with E-state index < -0.39 is 5.97 Å². The summed E-state index contributed by atoms with van der Waals surface area (Å²) in [6, 6.07) is 18.4. The normalized spacial score (nSPS) is 16.3. The van der Waals surface area contributed by atoms with E-state index in [0.717, 1.165) is 78.7 Å². The van der Waals surface area contributed by atoms with E-state index in [1.165, 1.54) is 17.7 Å². The van der Waals surface area contributed by atoms with Crippen molar-refractivity contribution in [1.29, 1.82) is 0 Å². The molecule has 0 aromatic heterocycles. The Balaban J connectivity index is 1.51. The Hall–Kier alpha value is -3.02. The van der Waals surface area contributed by atoms with Gasteiger partial charge >= 0.3 is 5.97 Å². The van der Waals surface area contributed by atoms with Crippen LogP contribution in [0, 0.1) is 11.7 Å². The van der Waals surface area contributed by atoms with Crippen LogP contribution < -0.4 is 0 Å². The number of aryl methyl sites for hydroxylation is 1. The molecule has 192 valence electrons. The third-order valence-electron chi connectivity index (χ3n) is 7.46. The van der Waals surface area contributed by atoms with Crippen molar-refractivity contribution < 1.29 is 18.7 Å². The number of nitrogens with zero attached hydrogens (tertiary/aromatic N) is 1. The number of hydrogen-bond donors (Lipinski definition) is 1. The second kappa shape index (κ2) is 11.2. The summed E-state index contributed by atoms with van der Waals surface area (Å²) in [5.74, 6) is -0.728. The van der Waals surface area contributed by atoms with Gasteiger partial charge in [-0.3, -0.25) is 4.39 Å². The smallest absolute Gasteiger partial charge is 0.335 e. The molecule has 0 saturated carbocycles. The zero-order valence-corrected chi connectivity index (χ0v) is 21.4.